The van der Waals surface area contributed by atoms with Crippen LogP contribution in [0.25, 0.3) is 0 Å². The van der Waals surface area contributed by atoms with Gasteiger partial charge in [0.1, 0.15) is 30.6 Å². The van der Waals surface area contributed by atoms with Gasteiger partial charge in [0.25, 0.3) is 17.7 Å². The highest BCUT2D eigenvalue weighted by atomic mass is 16.7. The molecule has 0 radical (unpaired) electrons. The van der Waals surface area contributed by atoms with Crippen molar-refractivity contribution in [3.63, 3.8) is 0 Å². The molecule has 0 spiro atoms. The lowest BCUT2D eigenvalue weighted by molar-refractivity contribution is -0.200. The van der Waals surface area contributed by atoms with Crippen LogP contribution in [-0.2, 0) is 57.5 Å². The lowest BCUT2D eigenvalue weighted by Crippen LogP contribution is -2.44. The van der Waals surface area contributed by atoms with E-state index in [0.717, 1.165) is 11.9 Å². The van der Waals surface area contributed by atoms with E-state index in [4.69, 9.17) is 19.1 Å². The van der Waals surface area contributed by atoms with E-state index < -0.39 is 72.0 Å². The van der Waals surface area contributed by atoms with E-state index in [1.807, 2.05) is 0 Å². The van der Waals surface area contributed by atoms with Crippen LogP contribution in [-0.4, -0.2) is 137 Å². The van der Waals surface area contributed by atoms with Gasteiger partial charge in [-0.25, -0.2) is 19.2 Å². The summed E-state index contributed by atoms with van der Waals surface area (Å²) in [7, 11) is 1.12. The SMILES string of the molecule is CN(OC(=O)CN(CC(=O)ON1C(=O)CCC1=O)C(=O)CCCC(=O)N(CCCNC(=O)OC(C)(C)C)CCCNC(=O)OC(C)(C)C)C(=O)CCC=O. The average molecular weight is 771 g/mol. The predicted octanol–water partition coefficient (Wildman–Crippen LogP) is 1.15. The molecule has 0 aliphatic carbocycles. The number of hydrogen-bond acceptors (Lipinski definition) is 14. The van der Waals surface area contributed by atoms with Crippen LogP contribution in [0.4, 0.5) is 9.59 Å². The number of hydrogen-bond donors (Lipinski definition) is 2. The van der Waals surface area contributed by atoms with Crippen molar-refractivity contribution in [2.24, 2.45) is 0 Å². The first kappa shape index (κ1) is 46.7. The third-order valence-electron chi connectivity index (χ3n) is 6.94. The molecular formula is C34H54N6O14. The molecule has 0 aromatic rings. The fraction of sp³-hybridized carbons (Fsp3) is 0.706. The summed E-state index contributed by atoms with van der Waals surface area (Å²) in [5.74, 6) is -5.71. The van der Waals surface area contributed by atoms with Crippen LogP contribution in [0.2, 0.25) is 0 Å². The van der Waals surface area contributed by atoms with Crippen LogP contribution in [0.1, 0.15) is 99.3 Å². The molecule has 0 saturated carbocycles. The number of aldehydes is 1. The highest BCUT2D eigenvalue weighted by Gasteiger charge is 2.34. The maximum Gasteiger partial charge on any atom is 0.407 e. The molecule has 1 saturated heterocycles. The molecule has 0 aromatic heterocycles. The summed E-state index contributed by atoms with van der Waals surface area (Å²) in [6.45, 7) is 9.41. The third kappa shape index (κ3) is 20.1. The van der Waals surface area contributed by atoms with E-state index in [1.165, 1.54) is 4.90 Å². The van der Waals surface area contributed by atoms with Gasteiger partial charge in [-0.05, 0) is 60.8 Å². The number of amides is 7. The number of carbonyl (C=O) groups is 10. The predicted molar refractivity (Wildman–Crippen MR) is 186 cm³/mol. The number of nitrogens with one attached hydrogen (secondary N) is 2. The minimum atomic E-state index is -1.21. The summed E-state index contributed by atoms with van der Waals surface area (Å²) in [6, 6.07) is 0. The minimum absolute atomic E-state index is 0.0335. The molecule has 1 rings (SSSR count). The molecule has 0 atom stereocenters. The molecule has 1 aliphatic heterocycles. The second-order valence-electron chi connectivity index (χ2n) is 14.2. The van der Waals surface area contributed by atoms with Crippen molar-refractivity contribution >= 4 is 59.9 Å². The van der Waals surface area contributed by atoms with Gasteiger partial charge in [-0.3, -0.25) is 24.0 Å². The fourth-order valence-electron chi connectivity index (χ4n) is 4.52. The topological polar surface area (TPSA) is 245 Å². The summed E-state index contributed by atoms with van der Waals surface area (Å²) < 4.78 is 10.4. The first-order chi connectivity index (χ1) is 25.1. The molecule has 2 N–H and O–H groups in total. The molecule has 1 aliphatic rings. The first-order valence-corrected chi connectivity index (χ1v) is 17.6. The molecule has 20 heteroatoms. The van der Waals surface area contributed by atoms with Crippen molar-refractivity contribution in [2.75, 3.05) is 46.3 Å². The Morgan fingerprint density at radius 2 is 1.15 bits per heavy atom. The van der Waals surface area contributed by atoms with E-state index in [0.29, 0.717) is 24.2 Å². The van der Waals surface area contributed by atoms with Gasteiger partial charge in [-0.1, -0.05) is 0 Å². The zero-order valence-electron chi connectivity index (χ0n) is 32.2. The Morgan fingerprint density at radius 1 is 0.685 bits per heavy atom. The molecule has 0 aromatic carbocycles. The van der Waals surface area contributed by atoms with Gasteiger partial charge in [0.15, 0.2) is 0 Å². The van der Waals surface area contributed by atoms with Crippen LogP contribution in [0, 0.1) is 0 Å². The Morgan fingerprint density at radius 3 is 1.61 bits per heavy atom. The number of hydroxylamine groups is 4. The normalized spacial score (nSPS) is 12.7. The van der Waals surface area contributed by atoms with Crippen LogP contribution >= 0.6 is 0 Å². The lowest BCUT2D eigenvalue weighted by Gasteiger charge is -2.25. The van der Waals surface area contributed by atoms with Crippen LogP contribution in [0.3, 0.4) is 0 Å². The van der Waals surface area contributed by atoms with E-state index in [9.17, 15) is 47.9 Å². The van der Waals surface area contributed by atoms with Gasteiger partial charge >= 0.3 is 24.1 Å². The van der Waals surface area contributed by atoms with Gasteiger partial charge in [-0.15, -0.1) is 5.06 Å². The second kappa shape index (κ2) is 22.7. The molecule has 7 amide bonds. The lowest BCUT2D eigenvalue weighted by atomic mass is 10.2. The maximum atomic E-state index is 13.3. The summed E-state index contributed by atoms with van der Waals surface area (Å²) in [5.41, 5.74) is -1.39. The first-order valence-electron chi connectivity index (χ1n) is 17.6. The Labute approximate surface area is 314 Å². The second-order valence-corrected chi connectivity index (χ2v) is 14.2. The van der Waals surface area contributed by atoms with Crippen molar-refractivity contribution in [3.05, 3.63) is 0 Å². The van der Waals surface area contributed by atoms with Gasteiger partial charge in [-0.2, -0.15) is 5.06 Å². The summed E-state index contributed by atoms with van der Waals surface area (Å²) in [6.07, 6.45) is -1.23. The Hall–Kier alpha value is -5.30. The van der Waals surface area contributed by atoms with Gasteiger partial charge in [0.2, 0.25) is 11.8 Å². The van der Waals surface area contributed by atoms with Crippen LogP contribution < -0.4 is 10.6 Å². The number of ether oxygens (including phenoxy) is 2. The molecule has 20 nitrogen and oxygen atoms in total. The van der Waals surface area contributed by atoms with Gasteiger partial charge in [0.05, 0.1) is 0 Å². The Bertz CT molecular complexity index is 1320. The zero-order chi connectivity index (χ0) is 41.1. The number of imide groups is 1. The van der Waals surface area contributed by atoms with Gasteiger partial charge < -0.3 is 44.4 Å². The molecule has 304 valence electrons. The number of nitrogens with zero attached hydrogens (tertiary/aromatic N) is 4. The molecule has 1 heterocycles. The van der Waals surface area contributed by atoms with Crippen LogP contribution in [0.5, 0.6) is 0 Å². The summed E-state index contributed by atoms with van der Waals surface area (Å²) in [4.78, 5) is 134. The van der Waals surface area contributed by atoms with Gasteiger partial charge in [0, 0.05) is 71.8 Å². The van der Waals surface area contributed by atoms with Crippen molar-refractivity contribution in [3.8, 4) is 0 Å². The van der Waals surface area contributed by atoms with Crippen LogP contribution in [0.15, 0.2) is 0 Å². The van der Waals surface area contributed by atoms with Crippen molar-refractivity contribution in [1.29, 1.82) is 0 Å². The molecule has 0 bridgehead atoms. The number of alkyl carbamates (subject to hydrolysis) is 2. The van der Waals surface area contributed by atoms with Crippen molar-refractivity contribution < 1.29 is 67.1 Å². The van der Waals surface area contributed by atoms with E-state index in [-0.39, 0.29) is 82.1 Å². The standard InChI is InChI=1S/C34H54N6O14/c1-33(2,3)51-31(49)35-17-10-19-38(20-11-18-36-32(50)52-34(4,5)6)25(43)12-8-13-26(44)39(22-29(47)53-37(7)24(42)14-9-21-41)23-30(48)54-40-27(45)15-16-28(40)46/h21H,8-20,22-23H2,1-7H3,(H,35,49)(H,36,50). The Kier molecular flexibility index (Phi) is 19.6. The molecular weight excluding hydrogens is 716 g/mol. The number of rotatable bonds is 20. The van der Waals surface area contributed by atoms with E-state index in [2.05, 4.69) is 10.6 Å². The smallest absolute Gasteiger partial charge is 0.407 e. The summed E-state index contributed by atoms with van der Waals surface area (Å²) in [5, 5.41) is 6.09. The quantitative estimate of drug-likeness (QED) is 0.0764. The zero-order valence-corrected chi connectivity index (χ0v) is 32.2. The third-order valence-corrected chi connectivity index (χ3v) is 6.94. The Balaban J connectivity index is 2.92. The van der Waals surface area contributed by atoms with E-state index >= 15 is 0 Å². The number of carbonyl (C=O) groups excluding carboxylic acids is 10. The highest BCUT2D eigenvalue weighted by molar-refractivity contribution is 6.01. The van der Waals surface area contributed by atoms with E-state index in [1.54, 1.807) is 41.5 Å². The van der Waals surface area contributed by atoms with Crippen molar-refractivity contribution in [1.82, 2.24) is 30.6 Å². The molecule has 0 unspecified atom stereocenters. The molecule has 54 heavy (non-hydrogen) atoms. The highest BCUT2D eigenvalue weighted by Crippen LogP contribution is 2.14. The fourth-order valence-corrected chi connectivity index (χ4v) is 4.52. The monoisotopic (exact) mass is 770 g/mol. The summed E-state index contributed by atoms with van der Waals surface area (Å²) >= 11 is 0. The maximum absolute atomic E-state index is 13.3. The minimum Gasteiger partial charge on any atom is -0.444 e. The van der Waals surface area contributed by atoms with Crippen molar-refractivity contribution in [2.45, 2.75) is 111 Å². The average Bonchev–Trinajstić information content (AvgIpc) is 3.36. The largest absolute Gasteiger partial charge is 0.444 e. The molecule has 1 fully saturated rings.